The Bertz CT molecular complexity index is 359. The molecular formula is C16H30N2O2. The van der Waals surface area contributed by atoms with Crippen LogP contribution in [0.1, 0.15) is 46.5 Å². The van der Waals surface area contributed by atoms with E-state index < -0.39 is 11.4 Å². The van der Waals surface area contributed by atoms with Crippen LogP contribution in [0, 0.1) is 11.3 Å². The summed E-state index contributed by atoms with van der Waals surface area (Å²) in [6.07, 6.45) is 3.80. The van der Waals surface area contributed by atoms with Gasteiger partial charge in [0.25, 0.3) is 0 Å². The van der Waals surface area contributed by atoms with E-state index in [2.05, 4.69) is 37.6 Å². The van der Waals surface area contributed by atoms with Gasteiger partial charge >= 0.3 is 5.97 Å². The number of hydrogen-bond acceptors (Lipinski definition) is 3. The van der Waals surface area contributed by atoms with Crippen molar-refractivity contribution >= 4 is 5.97 Å². The molecule has 2 fully saturated rings. The third-order valence-electron chi connectivity index (χ3n) is 5.61. The van der Waals surface area contributed by atoms with Crippen molar-refractivity contribution in [3.05, 3.63) is 0 Å². The molecule has 0 unspecified atom stereocenters. The lowest BCUT2D eigenvalue weighted by molar-refractivity contribution is -0.154. The highest BCUT2D eigenvalue weighted by Crippen LogP contribution is 2.40. The molecule has 1 aliphatic heterocycles. The van der Waals surface area contributed by atoms with Gasteiger partial charge in [0.1, 0.15) is 0 Å². The van der Waals surface area contributed by atoms with Crippen molar-refractivity contribution in [2.24, 2.45) is 11.3 Å². The second kappa shape index (κ2) is 5.64. The molecule has 1 N–H and O–H groups in total. The third kappa shape index (κ3) is 3.17. The Morgan fingerprint density at radius 1 is 1.25 bits per heavy atom. The molecule has 0 aromatic rings. The number of carbonyl (C=O) groups is 1. The number of carboxylic acid groups (broad SMARTS) is 1. The van der Waals surface area contributed by atoms with Gasteiger partial charge in [-0.05, 0) is 52.5 Å². The van der Waals surface area contributed by atoms with Crippen LogP contribution >= 0.6 is 0 Å². The standard InChI is InChI=1S/C16H30N2O2/c1-13-5-7-16(8-6-13,14(19)20)12-18-10-9-17(4)15(2,3)11-18/h13H,5-12H2,1-4H3,(H,19,20). The molecular weight excluding hydrogens is 252 g/mol. The summed E-state index contributed by atoms with van der Waals surface area (Å²) in [5.41, 5.74) is -0.363. The van der Waals surface area contributed by atoms with Gasteiger partial charge in [-0.25, -0.2) is 0 Å². The summed E-state index contributed by atoms with van der Waals surface area (Å²) in [4.78, 5) is 16.6. The minimum atomic E-state index is -0.582. The molecule has 1 aliphatic carbocycles. The van der Waals surface area contributed by atoms with Crippen LogP contribution in [0.5, 0.6) is 0 Å². The van der Waals surface area contributed by atoms with Crippen molar-refractivity contribution in [3.63, 3.8) is 0 Å². The largest absolute Gasteiger partial charge is 0.481 e. The Morgan fingerprint density at radius 3 is 2.35 bits per heavy atom. The summed E-state index contributed by atoms with van der Waals surface area (Å²) in [7, 11) is 2.16. The van der Waals surface area contributed by atoms with E-state index in [1.165, 1.54) is 0 Å². The van der Waals surface area contributed by atoms with E-state index in [1.54, 1.807) is 0 Å². The van der Waals surface area contributed by atoms with Crippen LogP contribution in [0.4, 0.5) is 0 Å². The maximum absolute atomic E-state index is 11.8. The summed E-state index contributed by atoms with van der Waals surface area (Å²) >= 11 is 0. The molecule has 1 saturated carbocycles. The molecule has 0 atom stereocenters. The van der Waals surface area contributed by atoms with Gasteiger partial charge in [0.15, 0.2) is 0 Å². The molecule has 0 aromatic carbocycles. The summed E-state index contributed by atoms with van der Waals surface area (Å²) < 4.78 is 0. The zero-order chi connectivity index (χ0) is 15.0. The first-order valence-electron chi connectivity index (χ1n) is 7.92. The quantitative estimate of drug-likeness (QED) is 0.862. The molecule has 0 bridgehead atoms. The molecule has 1 heterocycles. The van der Waals surface area contributed by atoms with Crippen LogP contribution < -0.4 is 0 Å². The lowest BCUT2D eigenvalue weighted by atomic mass is 9.70. The first kappa shape index (κ1) is 15.8. The van der Waals surface area contributed by atoms with Crippen LogP contribution in [0.3, 0.4) is 0 Å². The Morgan fingerprint density at radius 2 is 1.85 bits per heavy atom. The summed E-state index contributed by atoms with van der Waals surface area (Å²) in [5.74, 6) is 0.104. The second-order valence-corrected chi connectivity index (χ2v) is 7.71. The first-order chi connectivity index (χ1) is 9.25. The first-order valence-corrected chi connectivity index (χ1v) is 7.92. The fraction of sp³-hybridized carbons (Fsp3) is 0.938. The third-order valence-corrected chi connectivity index (χ3v) is 5.61. The minimum absolute atomic E-state index is 0.139. The number of rotatable bonds is 3. The van der Waals surface area contributed by atoms with Crippen LogP contribution in [0.25, 0.3) is 0 Å². The van der Waals surface area contributed by atoms with E-state index in [0.29, 0.717) is 5.92 Å². The monoisotopic (exact) mass is 282 g/mol. The molecule has 20 heavy (non-hydrogen) atoms. The van der Waals surface area contributed by atoms with Gasteiger partial charge in [0.05, 0.1) is 5.41 Å². The molecule has 0 amide bonds. The Balaban J connectivity index is 2.04. The van der Waals surface area contributed by atoms with E-state index in [9.17, 15) is 9.90 Å². The van der Waals surface area contributed by atoms with Gasteiger partial charge in [-0.3, -0.25) is 14.6 Å². The maximum atomic E-state index is 11.8. The van der Waals surface area contributed by atoms with Crippen molar-refractivity contribution in [1.29, 1.82) is 0 Å². The van der Waals surface area contributed by atoms with Crippen molar-refractivity contribution in [1.82, 2.24) is 9.80 Å². The zero-order valence-corrected chi connectivity index (χ0v) is 13.5. The molecule has 4 heteroatoms. The van der Waals surface area contributed by atoms with Gasteiger partial charge in [0, 0.05) is 31.7 Å². The Kier molecular flexibility index (Phi) is 4.45. The average molecular weight is 282 g/mol. The number of aliphatic carboxylic acids is 1. The maximum Gasteiger partial charge on any atom is 0.310 e. The van der Waals surface area contributed by atoms with Gasteiger partial charge < -0.3 is 5.11 Å². The zero-order valence-electron chi connectivity index (χ0n) is 13.5. The molecule has 1 saturated heterocycles. The summed E-state index contributed by atoms with van der Waals surface area (Å²) in [6.45, 7) is 10.4. The average Bonchev–Trinajstić information content (AvgIpc) is 2.36. The lowest BCUT2D eigenvalue weighted by Crippen LogP contribution is -2.60. The molecule has 0 aromatic heterocycles. The molecule has 2 rings (SSSR count). The smallest absolute Gasteiger partial charge is 0.310 e. The van der Waals surface area contributed by atoms with Gasteiger partial charge in [-0.2, -0.15) is 0 Å². The Labute approximate surface area is 123 Å². The fourth-order valence-electron chi connectivity index (χ4n) is 3.66. The Hall–Kier alpha value is -0.610. The van der Waals surface area contributed by atoms with Crippen molar-refractivity contribution in [2.45, 2.75) is 52.0 Å². The SMILES string of the molecule is CC1CCC(CN2CCN(C)C(C)(C)C2)(C(=O)O)CC1. The number of carboxylic acids is 1. The minimum Gasteiger partial charge on any atom is -0.481 e. The van der Waals surface area contributed by atoms with E-state index in [-0.39, 0.29) is 5.54 Å². The number of hydrogen-bond donors (Lipinski definition) is 1. The molecule has 4 nitrogen and oxygen atoms in total. The van der Waals surface area contributed by atoms with Crippen LogP contribution in [0.2, 0.25) is 0 Å². The van der Waals surface area contributed by atoms with E-state index in [1.807, 2.05) is 0 Å². The number of piperazine rings is 1. The van der Waals surface area contributed by atoms with E-state index in [4.69, 9.17) is 0 Å². The molecule has 0 spiro atoms. The van der Waals surface area contributed by atoms with Crippen molar-refractivity contribution < 1.29 is 9.90 Å². The normalized spacial score (nSPS) is 35.9. The molecule has 0 radical (unpaired) electrons. The summed E-state index contributed by atoms with van der Waals surface area (Å²) in [5, 5.41) is 9.75. The number of likely N-dealkylation sites (N-methyl/N-ethyl adjacent to an activating group) is 1. The van der Waals surface area contributed by atoms with Crippen LogP contribution in [-0.2, 0) is 4.79 Å². The topological polar surface area (TPSA) is 43.8 Å². The van der Waals surface area contributed by atoms with Gasteiger partial charge in [-0.15, -0.1) is 0 Å². The molecule has 116 valence electrons. The van der Waals surface area contributed by atoms with Gasteiger partial charge in [0.2, 0.25) is 0 Å². The van der Waals surface area contributed by atoms with Crippen LogP contribution in [0.15, 0.2) is 0 Å². The lowest BCUT2D eigenvalue weighted by Gasteiger charge is -2.48. The predicted octanol–water partition coefficient (Wildman–Crippen LogP) is 2.29. The fourth-order valence-corrected chi connectivity index (χ4v) is 3.66. The summed E-state index contributed by atoms with van der Waals surface area (Å²) in [6, 6.07) is 0. The van der Waals surface area contributed by atoms with Crippen LogP contribution in [-0.4, -0.2) is 59.6 Å². The highest BCUT2D eigenvalue weighted by atomic mass is 16.4. The number of nitrogens with zero attached hydrogens (tertiary/aromatic N) is 2. The van der Waals surface area contributed by atoms with Crippen molar-refractivity contribution in [3.8, 4) is 0 Å². The highest BCUT2D eigenvalue weighted by molar-refractivity contribution is 5.75. The highest BCUT2D eigenvalue weighted by Gasteiger charge is 2.44. The predicted molar refractivity (Wildman–Crippen MR) is 80.8 cm³/mol. The molecule has 2 aliphatic rings. The van der Waals surface area contributed by atoms with Crippen molar-refractivity contribution in [2.75, 3.05) is 33.2 Å². The second-order valence-electron chi connectivity index (χ2n) is 7.71. The van der Waals surface area contributed by atoms with E-state index >= 15 is 0 Å². The van der Waals surface area contributed by atoms with E-state index in [0.717, 1.165) is 51.9 Å². The van der Waals surface area contributed by atoms with Gasteiger partial charge in [-0.1, -0.05) is 6.92 Å².